The average Bonchev–Trinajstić information content (AvgIpc) is 3.21. The van der Waals surface area contributed by atoms with Crippen molar-refractivity contribution in [2.24, 2.45) is 17.3 Å². The molecule has 0 aromatic carbocycles. The van der Waals surface area contributed by atoms with E-state index in [-0.39, 0.29) is 30.2 Å². The number of carboxylic acids is 1. The van der Waals surface area contributed by atoms with Crippen LogP contribution in [0.5, 0.6) is 0 Å². The fourth-order valence-electron chi connectivity index (χ4n) is 4.66. The first-order valence-electron chi connectivity index (χ1n) is 8.76. The first kappa shape index (κ1) is 16.3. The predicted molar refractivity (Wildman–Crippen MR) is 83.6 cm³/mol. The van der Waals surface area contributed by atoms with Gasteiger partial charge in [0, 0.05) is 19.0 Å². The van der Waals surface area contributed by atoms with Gasteiger partial charge in [-0.2, -0.15) is 0 Å². The van der Waals surface area contributed by atoms with E-state index in [1.54, 1.807) is 11.8 Å². The standard InChI is InChI=1S/C17H26N2O4/c1-11(18-14(20)12-5-2-3-6-12)15(21)19-9-13-7-4-8-17(13,10-19)16(22)23/h11-13H,2-10H2,1H3,(H,18,20)(H,22,23)/t11?,13-,17+/m0/s1. The minimum atomic E-state index is -0.780. The third-order valence-electron chi connectivity index (χ3n) is 6.06. The number of carboxylic acid groups (broad SMARTS) is 1. The van der Waals surface area contributed by atoms with Gasteiger partial charge in [0.05, 0.1) is 5.41 Å². The largest absolute Gasteiger partial charge is 0.481 e. The molecule has 0 bridgehead atoms. The maximum atomic E-state index is 12.6. The molecule has 3 aliphatic rings. The number of rotatable bonds is 4. The Morgan fingerprint density at radius 1 is 1.17 bits per heavy atom. The summed E-state index contributed by atoms with van der Waals surface area (Å²) >= 11 is 0. The van der Waals surface area contributed by atoms with Crippen LogP contribution in [-0.2, 0) is 14.4 Å². The van der Waals surface area contributed by atoms with Crippen molar-refractivity contribution in [1.29, 1.82) is 0 Å². The smallest absolute Gasteiger partial charge is 0.311 e. The van der Waals surface area contributed by atoms with Crippen LogP contribution in [0.1, 0.15) is 51.9 Å². The van der Waals surface area contributed by atoms with E-state index in [9.17, 15) is 19.5 Å². The van der Waals surface area contributed by atoms with Crippen LogP contribution in [0.15, 0.2) is 0 Å². The number of likely N-dealkylation sites (tertiary alicyclic amines) is 1. The van der Waals surface area contributed by atoms with Crippen LogP contribution in [0, 0.1) is 17.3 Å². The monoisotopic (exact) mass is 322 g/mol. The Labute approximate surface area is 136 Å². The minimum Gasteiger partial charge on any atom is -0.481 e. The van der Waals surface area contributed by atoms with Crippen LogP contribution in [0.4, 0.5) is 0 Å². The fraction of sp³-hybridized carbons (Fsp3) is 0.824. The molecular weight excluding hydrogens is 296 g/mol. The molecule has 0 spiro atoms. The molecule has 2 saturated carbocycles. The van der Waals surface area contributed by atoms with E-state index in [0.717, 1.165) is 38.5 Å². The van der Waals surface area contributed by atoms with Crippen LogP contribution in [0.3, 0.4) is 0 Å². The lowest BCUT2D eigenvalue weighted by Crippen LogP contribution is -2.48. The molecule has 3 rings (SSSR count). The summed E-state index contributed by atoms with van der Waals surface area (Å²) in [6.07, 6.45) is 6.41. The van der Waals surface area contributed by atoms with Crippen molar-refractivity contribution in [2.45, 2.75) is 57.9 Å². The number of carbonyl (C=O) groups is 3. The Morgan fingerprint density at radius 2 is 1.87 bits per heavy atom. The molecule has 6 nitrogen and oxygen atoms in total. The zero-order valence-corrected chi connectivity index (χ0v) is 13.7. The highest BCUT2D eigenvalue weighted by atomic mass is 16.4. The van der Waals surface area contributed by atoms with Crippen molar-refractivity contribution in [3.8, 4) is 0 Å². The molecule has 2 N–H and O–H groups in total. The second-order valence-corrected chi connectivity index (χ2v) is 7.48. The summed E-state index contributed by atoms with van der Waals surface area (Å²) in [6.45, 7) is 2.50. The number of hydrogen-bond acceptors (Lipinski definition) is 3. The second-order valence-electron chi connectivity index (χ2n) is 7.48. The highest BCUT2D eigenvalue weighted by molar-refractivity contribution is 5.89. The summed E-state index contributed by atoms with van der Waals surface area (Å²) < 4.78 is 0. The highest BCUT2D eigenvalue weighted by Crippen LogP contribution is 2.48. The Hall–Kier alpha value is -1.59. The van der Waals surface area contributed by atoms with E-state index in [1.165, 1.54) is 0 Å². The number of nitrogens with one attached hydrogen (secondary N) is 1. The summed E-state index contributed by atoms with van der Waals surface area (Å²) in [6, 6.07) is -0.576. The quantitative estimate of drug-likeness (QED) is 0.819. The van der Waals surface area contributed by atoms with E-state index in [2.05, 4.69) is 5.32 Å². The van der Waals surface area contributed by atoms with Gasteiger partial charge in [0.1, 0.15) is 6.04 Å². The molecule has 3 atom stereocenters. The van der Waals surface area contributed by atoms with E-state index < -0.39 is 17.4 Å². The van der Waals surface area contributed by atoms with Crippen LogP contribution in [-0.4, -0.2) is 46.9 Å². The van der Waals surface area contributed by atoms with E-state index in [0.29, 0.717) is 13.0 Å². The van der Waals surface area contributed by atoms with E-state index >= 15 is 0 Å². The van der Waals surface area contributed by atoms with Gasteiger partial charge < -0.3 is 15.3 Å². The Balaban J connectivity index is 1.60. The number of hydrogen-bond donors (Lipinski definition) is 2. The van der Waals surface area contributed by atoms with Crippen LogP contribution in [0.2, 0.25) is 0 Å². The van der Waals surface area contributed by atoms with Crippen LogP contribution < -0.4 is 5.32 Å². The number of carbonyl (C=O) groups excluding carboxylic acids is 2. The predicted octanol–water partition coefficient (Wildman–Crippen LogP) is 1.39. The maximum absolute atomic E-state index is 12.6. The van der Waals surface area contributed by atoms with Crippen molar-refractivity contribution in [3.63, 3.8) is 0 Å². The summed E-state index contributed by atoms with van der Waals surface area (Å²) in [4.78, 5) is 38.1. The maximum Gasteiger partial charge on any atom is 0.311 e. The van der Waals surface area contributed by atoms with Gasteiger partial charge in [-0.1, -0.05) is 19.3 Å². The lowest BCUT2D eigenvalue weighted by atomic mass is 9.81. The van der Waals surface area contributed by atoms with Crippen LogP contribution >= 0.6 is 0 Å². The molecule has 2 amide bonds. The molecule has 1 heterocycles. The molecule has 6 heteroatoms. The Kier molecular flexibility index (Phi) is 4.34. The second kappa shape index (κ2) is 6.13. The van der Waals surface area contributed by atoms with Crippen molar-refractivity contribution in [1.82, 2.24) is 10.2 Å². The van der Waals surface area contributed by atoms with Crippen molar-refractivity contribution >= 4 is 17.8 Å². The van der Waals surface area contributed by atoms with Crippen molar-refractivity contribution in [3.05, 3.63) is 0 Å². The number of fused-ring (bicyclic) bond motifs is 1. The number of amides is 2. The molecule has 1 saturated heterocycles. The summed E-state index contributed by atoms with van der Waals surface area (Å²) in [5, 5.41) is 12.4. The average molecular weight is 322 g/mol. The zero-order chi connectivity index (χ0) is 16.6. The van der Waals surface area contributed by atoms with Gasteiger partial charge in [-0.05, 0) is 38.5 Å². The molecule has 0 aromatic rings. The van der Waals surface area contributed by atoms with Gasteiger partial charge in [-0.15, -0.1) is 0 Å². The first-order chi connectivity index (χ1) is 10.9. The number of aliphatic carboxylic acids is 1. The van der Waals surface area contributed by atoms with Gasteiger partial charge in [0.25, 0.3) is 0 Å². The molecule has 128 valence electrons. The van der Waals surface area contributed by atoms with E-state index in [1.807, 2.05) is 0 Å². The molecule has 2 aliphatic carbocycles. The topological polar surface area (TPSA) is 86.7 Å². The van der Waals surface area contributed by atoms with Gasteiger partial charge >= 0.3 is 5.97 Å². The number of nitrogens with zero attached hydrogens (tertiary/aromatic N) is 1. The molecule has 3 fully saturated rings. The Bertz CT molecular complexity index is 515. The lowest BCUT2D eigenvalue weighted by Gasteiger charge is -2.25. The molecule has 0 aromatic heterocycles. The lowest BCUT2D eigenvalue weighted by molar-refractivity contribution is -0.150. The molecule has 0 radical (unpaired) electrons. The van der Waals surface area contributed by atoms with E-state index in [4.69, 9.17) is 0 Å². The molecule has 1 unspecified atom stereocenters. The summed E-state index contributed by atoms with van der Waals surface area (Å²) in [7, 11) is 0. The van der Waals surface area contributed by atoms with Crippen LogP contribution in [0.25, 0.3) is 0 Å². The molecule has 23 heavy (non-hydrogen) atoms. The third-order valence-corrected chi connectivity index (χ3v) is 6.06. The normalized spacial score (nSPS) is 31.9. The highest BCUT2D eigenvalue weighted by Gasteiger charge is 2.56. The summed E-state index contributed by atoms with van der Waals surface area (Å²) in [5.74, 6) is -0.866. The van der Waals surface area contributed by atoms with Gasteiger partial charge in [-0.3, -0.25) is 14.4 Å². The fourth-order valence-corrected chi connectivity index (χ4v) is 4.66. The van der Waals surface area contributed by atoms with Crippen molar-refractivity contribution in [2.75, 3.05) is 13.1 Å². The zero-order valence-electron chi connectivity index (χ0n) is 13.7. The third kappa shape index (κ3) is 2.83. The minimum absolute atomic E-state index is 0.0318. The Morgan fingerprint density at radius 3 is 2.48 bits per heavy atom. The van der Waals surface area contributed by atoms with Gasteiger partial charge in [0.15, 0.2) is 0 Å². The van der Waals surface area contributed by atoms with Gasteiger partial charge in [-0.25, -0.2) is 0 Å². The molecule has 1 aliphatic heterocycles. The van der Waals surface area contributed by atoms with Crippen molar-refractivity contribution < 1.29 is 19.5 Å². The molecular formula is C17H26N2O4. The van der Waals surface area contributed by atoms with Gasteiger partial charge in [0.2, 0.25) is 11.8 Å². The first-order valence-corrected chi connectivity index (χ1v) is 8.76. The summed E-state index contributed by atoms with van der Waals surface area (Å²) in [5.41, 5.74) is -0.759. The SMILES string of the molecule is CC(NC(=O)C1CCCC1)C(=O)N1C[C@@H]2CCC[C@@]2(C(=O)O)C1.